The lowest BCUT2D eigenvalue weighted by Gasteiger charge is -2.61. The summed E-state index contributed by atoms with van der Waals surface area (Å²) in [5.74, 6) is 6.45. The van der Waals surface area contributed by atoms with Gasteiger partial charge in [0.15, 0.2) is 5.96 Å². The van der Waals surface area contributed by atoms with E-state index >= 15 is 0 Å². The highest BCUT2D eigenvalue weighted by Crippen LogP contribution is 2.62. The summed E-state index contributed by atoms with van der Waals surface area (Å²) in [6, 6.07) is 2.19. The molecule has 32 heavy (non-hydrogen) atoms. The van der Waals surface area contributed by atoms with Crippen LogP contribution < -0.4 is 0 Å². The second kappa shape index (κ2) is 7.91. The maximum Gasteiger partial charge on any atom is 0.197 e. The second-order valence-corrected chi connectivity index (χ2v) is 13.6. The standard InChI is InChI=1S/C29H47N3/c1-20(29-15-21-12-22(16-29)14-23(13-21)17-29)32-27(25-10-6-3-7-11-25)19-31-26(18-30-28(31)32)24-8-4-2-5-9-24/h20-27H,2-19H2,1H3/t20?,21?,22?,23?,26-,27+,29?/m0/s1. The first kappa shape index (κ1) is 20.6. The largest absolute Gasteiger partial charge is 0.336 e. The molecule has 178 valence electrons. The molecule has 2 heterocycles. The van der Waals surface area contributed by atoms with E-state index in [-0.39, 0.29) is 0 Å². The molecule has 0 aromatic carbocycles. The van der Waals surface area contributed by atoms with E-state index in [1.165, 1.54) is 96.0 Å². The van der Waals surface area contributed by atoms with Gasteiger partial charge in [-0.3, -0.25) is 4.99 Å². The number of nitrogens with zero attached hydrogens (tertiary/aromatic N) is 3. The second-order valence-electron chi connectivity index (χ2n) is 13.6. The van der Waals surface area contributed by atoms with Crippen molar-refractivity contribution in [3.8, 4) is 0 Å². The summed E-state index contributed by atoms with van der Waals surface area (Å²) >= 11 is 0. The molecular weight excluding hydrogens is 390 g/mol. The lowest BCUT2D eigenvalue weighted by molar-refractivity contribution is -0.0914. The molecule has 8 aliphatic rings. The predicted octanol–water partition coefficient (Wildman–Crippen LogP) is 6.48. The molecule has 3 nitrogen and oxygen atoms in total. The van der Waals surface area contributed by atoms with Gasteiger partial charge in [-0.2, -0.15) is 0 Å². The van der Waals surface area contributed by atoms with E-state index in [0.29, 0.717) is 11.5 Å². The normalized spacial score (nSPS) is 45.4. The molecule has 0 spiro atoms. The number of aliphatic imine (C=N–C) groups is 1. The van der Waals surface area contributed by atoms with Gasteiger partial charge in [-0.1, -0.05) is 38.5 Å². The Morgan fingerprint density at radius 1 is 0.750 bits per heavy atom. The molecule has 0 aromatic heterocycles. The van der Waals surface area contributed by atoms with E-state index in [1.807, 2.05) is 0 Å². The number of guanidine groups is 1. The molecule has 0 radical (unpaired) electrons. The zero-order valence-corrected chi connectivity index (χ0v) is 20.7. The highest BCUT2D eigenvalue weighted by atomic mass is 15.5. The van der Waals surface area contributed by atoms with Crippen molar-refractivity contribution in [3.05, 3.63) is 0 Å². The molecule has 1 unspecified atom stereocenters. The van der Waals surface area contributed by atoms with Crippen molar-refractivity contribution in [2.24, 2.45) is 40.0 Å². The molecule has 4 bridgehead atoms. The fourth-order valence-corrected chi connectivity index (χ4v) is 10.7. The Bertz CT molecular complexity index is 695. The van der Waals surface area contributed by atoms with Crippen LogP contribution >= 0.6 is 0 Å². The van der Waals surface area contributed by atoms with E-state index in [1.54, 1.807) is 19.3 Å². The van der Waals surface area contributed by atoms with Crippen molar-refractivity contribution in [2.45, 2.75) is 128 Å². The van der Waals surface area contributed by atoms with Crippen molar-refractivity contribution in [3.63, 3.8) is 0 Å². The molecule has 3 heteroatoms. The Balaban J connectivity index is 1.19. The summed E-state index contributed by atoms with van der Waals surface area (Å²) in [5, 5.41) is 0. The summed E-state index contributed by atoms with van der Waals surface area (Å²) < 4.78 is 0. The lowest BCUT2D eigenvalue weighted by atomic mass is 9.47. The van der Waals surface area contributed by atoms with Gasteiger partial charge in [0.05, 0.1) is 18.6 Å². The van der Waals surface area contributed by atoms with Crippen LogP contribution in [0.2, 0.25) is 0 Å². The van der Waals surface area contributed by atoms with Crippen LogP contribution in [0, 0.1) is 35.0 Å². The molecular formula is C29H47N3. The fourth-order valence-electron chi connectivity index (χ4n) is 10.7. The maximum atomic E-state index is 5.40. The van der Waals surface area contributed by atoms with Crippen molar-refractivity contribution in [1.82, 2.24) is 9.80 Å². The van der Waals surface area contributed by atoms with Gasteiger partial charge in [0.2, 0.25) is 0 Å². The van der Waals surface area contributed by atoms with Crippen LogP contribution in [0.5, 0.6) is 0 Å². The Morgan fingerprint density at radius 2 is 1.28 bits per heavy atom. The first-order chi connectivity index (χ1) is 15.7. The molecule has 0 N–H and O–H groups in total. The summed E-state index contributed by atoms with van der Waals surface area (Å²) in [6.07, 6.45) is 24.0. The van der Waals surface area contributed by atoms with Gasteiger partial charge >= 0.3 is 0 Å². The first-order valence-corrected chi connectivity index (χ1v) is 14.8. The van der Waals surface area contributed by atoms with Crippen molar-refractivity contribution >= 4 is 5.96 Å². The third kappa shape index (κ3) is 3.22. The highest BCUT2D eigenvalue weighted by molar-refractivity contribution is 5.85. The van der Waals surface area contributed by atoms with Gasteiger partial charge in [0.25, 0.3) is 0 Å². The Morgan fingerprint density at radius 3 is 1.84 bits per heavy atom. The third-order valence-electron chi connectivity index (χ3n) is 11.8. The third-order valence-corrected chi connectivity index (χ3v) is 11.8. The Kier molecular flexibility index (Phi) is 5.10. The monoisotopic (exact) mass is 437 g/mol. The molecule has 0 aromatic rings. The van der Waals surface area contributed by atoms with E-state index in [9.17, 15) is 0 Å². The van der Waals surface area contributed by atoms with Crippen molar-refractivity contribution < 1.29 is 0 Å². The van der Waals surface area contributed by atoms with E-state index in [2.05, 4.69) is 16.7 Å². The summed E-state index contributed by atoms with van der Waals surface area (Å²) in [5.41, 5.74) is 0.600. The van der Waals surface area contributed by atoms with Gasteiger partial charge < -0.3 is 9.80 Å². The summed E-state index contributed by atoms with van der Waals surface area (Å²) in [4.78, 5) is 11.3. The predicted molar refractivity (Wildman–Crippen MR) is 132 cm³/mol. The number of rotatable bonds is 4. The van der Waals surface area contributed by atoms with E-state index in [0.717, 1.165) is 48.2 Å². The Labute approximate surface area is 196 Å². The van der Waals surface area contributed by atoms with Gasteiger partial charge in [-0.05, 0) is 106 Å². The zero-order chi connectivity index (χ0) is 21.3. The van der Waals surface area contributed by atoms with Crippen LogP contribution in [0.3, 0.4) is 0 Å². The van der Waals surface area contributed by atoms with Crippen LogP contribution in [0.15, 0.2) is 4.99 Å². The summed E-state index contributed by atoms with van der Waals surface area (Å²) in [7, 11) is 0. The average molecular weight is 438 g/mol. The minimum atomic E-state index is 0.600. The molecule has 3 atom stereocenters. The highest BCUT2D eigenvalue weighted by Gasteiger charge is 2.58. The molecule has 8 rings (SSSR count). The first-order valence-electron chi connectivity index (χ1n) is 14.8. The topological polar surface area (TPSA) is 18.8 Å². The maximum absolute atomic E-state index is 5.40. The number of fused-ring (bicyclic) bond motifs is 1. The van der Waals surface area contributed by atoms with Crippen molar-refractivity contribution in [2.75, 3.05) is 13.1 Å². The molecule has 1 saturated heterocycles. The Hall–Kier alpha value is -0.730. The fraction of sp³-hybridized carbons (Fsp3) is 0.966. The van der Waals surface area contributed by atoms with Gasteiger partial charge in [-0.15, -0.1) is 0 Å². The van der Waals surface area contributed by atoms with Crippen LogP contribution in [-0.2, 0) is 0 Å². The van der Waals surface area contributed by atoms with Crippen molar-refractivity contribution in [1.29, 1.82) is 0 Å². The van der Waals surface area contributed by atoms with E-state index in [4.69, 9.17) is 4.99 Å². The van der Waals surface area contributed by atoms with Crippen LogP contribution in [-0.4, -0.2) is 47.0 Å². The quantitative estimate of drug-likeness (QED) is 0.501. The van der Waals surface area contributed by atoms with Crippen LogP contribution in [0.25, 0.3) is 0 Å². The average Bonchev–Trinajstić information content (AvgIpc) is 3.38. The molecule has 6 aliphatic carbocycles. The number of hydrogen-bond donors (Lipinski definition) is 0. The SMILES string of the molecule is CC(N1C2=NC[C@@H](C3CCCCC3)N2C[C@@H]1C1CCCCC1)C12CC3CC(CC(C3)C1)C2. The lowest BCUT2D eigenvalue weighted by Crippen LogP contribution is -2.59. The zero-order valence-electron chi connectivity index (χ0n) is 20.7. The molecule has 7 fully saturated rings. The van der Waals surface area contributed by atoms with Gasteiger partial charge in [0, 0.05) is 12.6 Å². The summed E-state index contributed by atoms with van der Waals surface area (Å²) in [6.45, 7) is 5.08. The minimum Gasteiger partial charge on any atom is -0.336 e. The molecule has 2 aliphatic heterocycles. The van der Waals surface area contributed by atoms with E-state index < -0.39 is 0 Å². The van der Waals surface area contributed by atoms with Gasteiger partial charge in [-0.25, -0.2) is 0 Å². The smallest absolute Gasteiger partial charge is 0.197 e. The number of hydrogen-bond acceptors (Lipinski definition) is 3. The molecule has 0 amide bonds. The van der Waals surface area contributed by atoms with Crippen LogP contribution in [0.1, 0.15) is 110 Å². The van der Waals surface area contributed by atoms with Gasteiger partial charge in [0.1, 0.15) is 0 Å². The molecule has 6 saturated carbocycles. The minimum absolute atomic E-state index is 0.600. The van der Waals surface area contributed by atoms with Crippen LogP contribution in [0.4, 0.5) is 0 Å².